The van der Waals surface area contributed by atoms with Gasteiger partial charge in [-0.2, -0.15) is 13.2 Å². The number of hydrogen-bond acceptors (Lipinski definition) is 18. The van der Waals surface area contributed by atoms with Crippen LogP contribution in [0.1, 0.15) is 89.3 Å². The van der Waals surface area contributed by atoms with Gasteiger partial charge in [0.1, 0.15) is 17.5 Å². The minimum absolute atomic E-state index is 0.00194. The summed E-state index contributed by atoms with van der Waals surface area (Å²) in [5.41, 5.74) is -5.78. The summed E-state index contributed by atoms with van der Waals surface area (Å²) in [4.78, 5) is 155. The maximum Gasteiger partial charge on any atom is 0.454 e. The van der Waals surface area contributed by atoms with Gasteiger partial charge in [-0.15, -0.1) is 0 Å². The smallest absolute Gasteiger partial charge is 0.372 e. The molecule has 25 nitrogen and oxygen atoms in total. The Morgan fingerprint density at radius 1 is 0.527 bits per heavy atom. The van der Waals surface area contributed by atoms with Crippen molar-refractivity contribution in [2.45, 2.75) is 127 Å². The molecule has 3 aromatic rings. The molecule has 91 heavy (non-hydrogen) atoms. The van der Waals surface area contributed by atoms with Crippen LogP contribution in [0.5, 0.6) is 0 Å². The number of halogens is 8. The van der Waals surface area contributed by atoms with E-state index in [1.165, 1.54) is 17.0 Å². The van der Waals surface area contributed by atoms with E-state index in [-0.39, 0.29) is 84.0 Å². The number of carbonyl (C=O) groups excluding carboxylic acids is 12. The first-order valence-electron chi connectivity index (χ1n) is 28.2. The summed E-state index contributed by atoms with van der Waals surface area (Å²) in [6.07, 6.45) is -9.28. The molecule has 9 aliphatic rings. The van der Waals surface area contributed by atoms with Crippen LogP contribution in [0.3, 0.4) is 0 Å². The number of amides is 12. The van der Waals surface area contributed by atoms with Gasteiger partial charge >= 0.3 is 24.3 Å². The lowest BCUT2D eigenvalue weighted by Gasteiger charge is -2.55. The second-order valence-electron chi connectivity index (χ2n) is 23.5. The number of fused-ring (bicyclic) bond motifs is 12. The number of ketones is 3. The van der Waals surface area contributed by atoms with Crippen molar-refractivity contribution in [3.63, 3.8) is 0 Å². The van der Waals surface area contributed by atoms with E-state index in [1.54, 1.807) is 51.3 Å². The highest BCUT2D eigenvalue weighted by Gasteiger charge is 2.66. The summed E-state index contributed by atoms with van der Waals surface area (Å²) in [7, 11) is 0. The van der Waals surface area contributed by atoms with Crippen LogP contribution in [0.2, 0.25) is 0 Å². The van der Waals surface area contributed by atoms with Gasteiger partial charge in [-0.1, -0.05) is 23.2 Å². The summed E-state index contributed by atoms with van der Waals surface area (Å²) in [5, 5.41) is 12.6. The van der Waals surface area contributed by atoms with Crippen LogP contribution >= 0.6 is 23.2 Å². The number of imide groups is 6. The van der Waals surface area contributed by atoms with E-state index >= 15 is 13.2 Å². The first kappa shape index (κ1) is 65.4. The lowest BCUT2D eigenvalue weighted by Crippen LogP contribution is -2.75. The molecule has 482 valence electrons. The Kier molecular flexibility index (Phi) is 17.0. The average Bonchev–Trinajstić information content (AvgIpc) is 0.723. The van der Waals surface area contributed by atoms with Gasteiger partial charge in [0.15, 0.2) is 26.9 Å². The number of barbiturate groups is 3. The van der Waals surface area contributed by atoms with Crippen molar-refractivity contribution in [1.82, 2.24) is 31.9 Å². The molecular formula is C58H54Cl2F6N10O15. The summed E-state index contributed by atoms with van der Waals surface area (Å²) < 4.78 is 102. The zero-order chi connectivity index (χ0) is 66.6. The van der Waals surface area contributed by atoms with Gasteiger partial charge in [-0.05, 0) is 94.6 Å². The number of nitrogens with zero attached hydrogens (tertiary/aromatic N) is 4. The monoisotopic (exact) mass is 1310 g/mol. The molecule has 0 bridgehead atoms. The number of benzene rings is 3. The van der Waals surface area contributed by atoms with Gasteiger partial charge in [-0.3, -0.25) is 75.1 Å². The standard InChI is InChI=1S/C20H19FN4O5.C19H18Cl2FN3O5.C19H17F4N3O5/c1-9-8-25-15-12(4-11(5-13(15)21)14(26)7-22-3)6-20(16(25)10(2)30-9)17(27)23-19(29)24-18(20)28;1-7-6-25-12-10(3-9(4-11(12)22)13(26)15(20)21)5-19(14(25)8(2)30-7)16(27)23-18(29)24-17(19)28;1-7-6-26-12-10(3-9(4-11(12)20)14(27)19(21,22)23)5-18(13(26)8(2)31-7)15(28)24-17(30)25-16(18)29/h4-5,9-10,16H,6-8H2,1-2H3,(H2,23,24,27,28,29);3-4,7-8,14-15H,5-6H2,1-2H3,(H2,23,24,27,28,29);3-4,7-8,13H,5-6H2,1-2H3,(H2,24,25,28,29,30)/t9-,10+,16-;7-,8+,14-;7-,8+,13-/m111/s1. The first-order chi connectivity index (χ1) is 42.6. The van der Waals surface area contributed by atoms with Gasteiger partial charge in [0.25, 0.3) is 12.3 Å². The summed E-state index contributed by atoms with van der Waals surface area (Å²) in [5.74, 6) is -11.1. The Hall–Kier alpha value is -8.57. The number of morpholine rings is 3. The number of anilines is 3. The molecule has 0 unspecified atom stereocenters. The molecule has 0 saturated carbocycles. The van der Waals surface area contributed by atoms with E-state index in [1.807, 2.05) is 10.6 Å². The zero-order valence-corrected chi connectivity index (χ0v) is 50.1. The second kappa shape index (κ2) is 23.6. The van der Waals surface area contributed by atoms with E-state index in [2.05, 4.69) is 26.1 Å². The Morgan fingerprint density at radius 3 is 1.11 bits per heavy atom. The van der Waals surface area contributed by atoms with Gasteiger partial charge < -0.3 is 33.8 Å². The van der Waals surface area contributed by atoms with Crippen LogP contribution in [-0.2, 0) is 62.2 Å². The molecule has 12 amide bonds. The van der Waals surface area contributed by atoms with Crippen molar-refractivity contribution in [3.8, 4) is 0 Å². The number of nitrogens with one attached hydrogen (secondary N) is 6. The van der Waals surface area contributed by atoms with E-state index < -0.39 is 177 Å². The fourth-order valence-corrected chi connectivity index (χ4v) is 14.7. The van der Waals surface area contributed by atoms with Crippen LogP contribution in [0, 0.1) is 40.3 Å². The fourth-order valence-electron chi connectivity index (χ4n) is 14.5. The Balaban J connectivity index is 0.000000150. The zero-order valence-electron chi connectivity index (χ0n) is 48.6. The summed E-state index contributed by atoms with van der Waals surface area (Å²) in [6, 6.07) is 0.640. The Morgan fingerprint density at radius 2 is 0.813 bits per heavy atom. The van der Waals surface area contributed by atoms with Crippen LogP contribution in [0.4, 0.5) is 57.8 Å². The molecule has 33 heteroatoms. The van der Waals surface area contributed by atoms with Crippen LogP contribution in [0.15, 0.2) is 36.4 Å². The van der Waals surface area contributed by atoms with E-state index in [9.17, 15) is 70.7 Å². The van der Waals surface area contributed by atoms with Crippen molar-refractivity contribution in [2.75, 3.05) is 40.9 Å². The molecule has 6 N–H and O–H groups in total. The Bertz CT molecular complexity index is 3750. The molecule has 6 fully saturated rings. The third-order valence-corrected chi connectivity index (χ3v) is 18.0. The predicted octanol–water partition coefficient (Wildman–Crippen LogP) is 3.98. The summed E-state index contributed by atoms with van der Waals surface area (Å²) >= 11 is 11.3. The molecule has 9 heterocycles. The number of alkyl halides is 5. The Labute approximate surface area is 521 Å². The topological polar surface area (TPSA) is 319 Å². The van der Waals surface area contributed by atoms with Crippen molar-refractivity contribution < 1.29 is 98.1 Å². The summed E-state index contributed by atoms with van der Waals surface area (Å²) in [6.45, 7) is 17.1. The van der Waals surface area contributed by atoms with Gasteiger partial charge in [-0.25, -0.2) is 34.1 Å². The van der Waals surface area contributed by atoms with Gasteiger partial charge in [0.2, 0.25) is 41.2 Å². The van der Waals surface area contributed by atoms with Crippen LogP contribution in [-0.4, -0.2) is 163 Å². The fraction of sp³-hybridized carbons (Fsp3) is 0.466. The molecule has 12 rings (SSSR count). The average molecular weight is 1320 g/mol. The molecule has 0 radical (unpaired) electrons. The SMILES string of the molecule is C[C@@H]1CN2c3c(F)cc(C(=O)C(Cl)Cl)cc3CC3(C(=O)NC(=O)NC3=O)[C@H]2[C@H](C)O1.C[C@@H]1CN2c3c(F)cc(C(=O)C(F)(F)F)cc3CC3(C(=O)NC(=O)NC3=O)[C@H]2[C@H](C)O1.[C-]#[N+]CC(=O)c1cc(F)c2c(c1)CC1(C(=O)NC(=O)NC1=O)[C@H]1[C@H](C)O[C@H](C)CN21. The molecule has 3 spiro atoms. The number of urea groups is 3. The number of ether oxygens (including phenoxy) is 3. The van der Waals surface area contributed by atoms with Gasteiger partial charge in [0, 0.05) is 55.6 Å². The molecule has 6 saturated heterocycles. The third kappa shape index (κ3) is 10.9. The molecule has 0 aromatic heterocycles. The highest BCUT2D eigenvalue weighted by atomic mass is 35.5. The molecular weight excluding hydrogens is 1260 g/mol. The minimum atomic E-state index is -5.23. The first-order valence-corrected chi connectivity index (χ1v) is 29.0. The highest BCUT2D eigenvalue weighted by molar-refractivity contribution is 6.55. The van der Waals surface area contributed by atoms with E-state index in [0.29, 0.717) is 11.6 Å². The highest BCUT2D eigenvalue weighted by Crippen LogP contribution is 2.52. The second-order valence-corrected chi connectivity index (χ2v) is 24.6. The number of carbonyl (C=O) groups is 12. The molecule has 0 aliphatic carbocycles. The lowest BCUT2D eigenvalue weighted by molar-refractivity contribution is -0.154. The molecule has 9 atom stereocenters. The van der Waals surface area contributed by atoms with E-state index in [4.69, 9.17) is 44.0 Å². The lowest BCUT2D eigenvalue weighted by atomic mass is 9.66. The van der Waals surface area contributed by atoms with Crippen molar-refractivity contribution in [2.24, 2.45) is 16.2 Å². The number of Topliss-reactive ketones (excluding diaryl/α,β-unsaturated/α-hetero) is 3. The number of rotatable bonds is 5. The van der Waals surface area contributed by atoms with Crippen molar-refractivity contribution in [3.05, 3.63) is 98.6 Å². The van der Waals surface area contributed by atoms with Crippen molar-refractivity contribution in [1.29, 1.82) is 0 Å². The largest absolute Gasteiger partial charge is 0.454 e. The molecule has 9 aliphatic heterocycles. The molecule has 3 aromatic carbocycles. The number of hydrogen-bond donors (Lipinski definition) is 6. The predicted molar refractivity (Wildman–Crippen MR) is 302 cm³/mol. The third-order valence-electron chi connectivity index (χ3n) is 17.6. The van der Waals surface area contributed by atoms with Crippen LogP contribution < -0.4 is 46.6 Å². The van der Waals surface area contributed by atoms with Crippen molar-refractivity contribution >= 4 is 111 Å². The van der Waals surface area contributed by atoms with E-state index in [0.717, 1.165) is 18.2 Å². The quantitative estimate of drug-likeness (QED) is 0.0692. The maximum atomic E-state index is 15.2. The minimum Gasteiger partial charge on any atom is -0.372 e. The normalized spacial score (nSPS) is 27.3. The van der Waals surface area contributed by atoms with Crippen LogP contribution in [0.25, 0.3) is 4.85 Å². The maximum absolute atomic E-state index is 15.2. The van der Waals surface area contributed by atoms with Gasteiger partial charge in [0.05, 0.1) is 71.8 Å².